The summed E-state index contributed by atoms with van der Waals surface area (Å²) in [4.78, 5) is 13.2. The van der Waals surface area contributed by atoms with E-state index in [0.29, 0.717) is 6.04 Å². The Balaban J connectivity index is 1.91. The lowest BCUT2D eigenvalue weighted by molar-refractivity contribution is 0.0492. The van der Waals surface area contributed by atoms with Crippen molar-refractivity contribution in [1.82, 2.24) is 5.32 Å². The fourth-order valence-electron chi connectivity index (χ4n) is 3.01. The summed E-state index contributed by atoms with van der Waals surface area (Å²) in [5.41, 5.74) is 0.704. The maximum absolute atomic E-state index is 12.0. The largest absolute Gasteiger partial charge is 0.444 e. The fourth-order valence-corrected chi connectivity index (χ4v) is 3.76. The first-order valence-corrected chi connectivity index (χ1v) is 9.94. The van der Waals surface area contributed by atoms with Crippen molar-refractivity contribution in [2.24, 2.45) is 0 Å². The van der Waals surface area contributed by atoms with Gasteiger partial charge in [-0.05, 0) is 58.6 Å². The van der Waals surface area contributed by atoms with Crippen LogP contribution >= 0.6 is 11.8 Å². The van der Waals surface area contributed by atoms with Crippen LogP contribution in [0, 0.1) is 0 Å². The molecule has 0 saturated heterocycles. The van der Waals surface area contributed by atoms with E-state index < -0.39 is 5.60 Å². The molecule has 1 saturated carbocycles. The summed E-state index contributed by atoms with van der Waals surface area (Å²) in [6.07, 6.45) is 5.74. The lowest BCUT2D eigenvalue weighted by Crippen LogP contribution is -2.43. The van der Waals surface area contributed by atoms with Gasteiger partial charge in [0.2, 0.25) is 0 Å². The molecule has 4 nitrogen and oxygen atoms in total. The van der Waals surface area contributed by atoms with Gasteiger partial charge in [0.05, 0.1) is 0 Å². The maximum Gasteiger partial charge on any atom is 0.407 e. The molecule has 0 aromatic heterocycles. The molecule has 1 aliphatic carbocycles. The lowest BCUT2D eigenvalue weighted by Gasteiger charge is -2.32. The number of amides is 1. The summed E-state index contributed by atoms with van der Waals surface area (Å²) < 4.78 is 5.37. The fraction of sp³-hybridized carbons (Fsp3) is 0.550. The van der Waals surface area contributed by atoms with Gasteiger partial charge >= 0.3 is 6.09 Å². The van der Waals surface area contributed by atoms with Crippen molar-refractivity contribution in [3.63, 3.8) is 0 Å². The van der Waals surface area contributed by atoms with E-state index in [9.17, 15) is 4.79 Å². The molecule has 1 fully saturated rings. The van der Waals surface area contributed by atoms with Crippen LogP contribution in [0.1, 0.15) is 46.5 Å². The van der Waals surface area contributed by atoms with Crippen LogP contribution in [0.2, 0.25) is 0 Å². The molecule has 1 aliphatic rings. The summed E-state index contributed by atoms with van der Waals surface area (Å²) in [5, 5.41) is 6.68. The molecule has 2 rings (SSSR count). The Morgan fingerprint density at radius 1 is 1.32 bits per heavy atom. The number of hydrogen-bond donors (Lipinski definition) is 2. The Morgan fingerprint density at radius 2 is 2.04 bits per heavy atom. The zero-order valence-electron chi connectivity index (χ0n) is 15.5. The molecule has 1 aromatic rings. The van der Waals surface area contributed by atoms with Gasteiger partial charge in [-0.2, -0.15) is 0 Å². The predicted molar refractivity (Wildman–Crippen MR) is 106 cm³/mol. The van der Waals surface area contributed by atoms with Crippen LogP contribution in [0.5, 0.6) is 0 Å². The zero-order chi connectivity index (χ0) is 18.3. The second-order valence-corrected chi connectivity index (χ2v) is 8.51. The van der Waals surface area contributed by atoms with Gasteiger partial charge < -0.3 is 15.4 Å². The van der Waals surface area contributed by atoms with E-state index >= 15 is 0 Å². The molecule has 0 bridgehead atoms. The molecule has 138 valence electrons. The number of anilines is 1. The number of ether oxygens (including phenoxy) is 1. The van der Waals surface area contributed by atoms with Crippen molar-refractivity contribution >= 4 is 23.5 Å². The van der Waals surface area contributed by atoms with E-state index in [1.807, 2.05) is 26.8 Å². The molecule has 0 aliphatic heterocycles. The summed E-state index contributed by atoms with van der Waals surface area (Å²) in [6.45, 7) is 9.44. The van der Waals surface area contributed by atoms with Crippen LogP contribution in [-0.4, -0.2) is 29.5 Å². The molecule has 2 atom stereocenters. The van der Waals surface area contributed by atoms with Gasteiger partial charge in [-0.3, -0.25) is 0 Å². The van der Waals surface area contributed by atoms with Gasteiger partial charge in [0.15, 0.2) is 0 Å². The average molecular weight is 363 g/mol. The quantitative estimate of drug-likeness (QED) is 0.538. The second-order valence-electron chi connectivity index (χ2n) is 7.45. The molecule has 2 unspecified atom stereocenters. The molecule has 0 radical (unpaired) electrons. The van der Waals surface area contributed by atoms with Gasteiger partial charge in [-0.25, -0.2) is 4.79 Å². The third-order valence-electron chi connectivity index (χ3n) is 4.00. The highest BCUT2D eigenvalue weighted by atomic mass is 32.2. The van der Waals surface area contributed by atoms with Crippen molar-refractivity contribution in [2.45, 2.75) is 69.0 Å². The molecule has 5 heteroatoms. The van der Waals surface area contributed by atoms with Gasteiger partial charge in [0.25, 0.3) is 0 Å². The molecule has 25 heavy (non-hydrogen) atoms. The van der Waals surface area contributed by atoms with Crippen LogP contribution in [0.25, 0.3) is 0 Å². The molecule has 0 spiro atoms. The topological polar surface area (TPSA) is 50.4 Å². The van der Waals surface area contributed by atoms with Crippen LogP contribution < -0.4 is 10.6 Å². The first-order valence-electron chi connectivity index (χ1n) is 8.96. The van der Waals surface area contributed by atoms with Crippen molar-refractivity contribution in [1.29, 1.82) is 0 Å². The van der Waals surface area contributed by atoms with Gasteiger partial charge in [0.1, 0.15) is 5.60 Å². The van der Waals surface area contributed by atoms with Crippen molar-refractivity contribution < 1.29 is 9.53 Å². The predicted octanol–water partition coefficient (Wildman–Crippen LogP) is 5.21. The second kappa shape index (κ2) is 9.18. The van der Waals surface area contributed by atoms with Gasteiger partial charge in [0, 0.05) is 28.4 Å². The Labute approximate surface area is 155 Å². The van der Waals surface area contributed by atoms with Crippen LogP contribution in [-0.2, 0) is 4.74 Å². The Hall–Kier alpha value is -1.62. The van der Waals surface area contributed by atoms with E-state index in [1.165, 1.54) is 4.90 Å². The monoisotopic (exact) mass is 362 g/mol. The first kappa shape index (κ1) is 19.7. The van der Waals surface area contributed by atoms with E-state index in [4.69, 9.17) is 4.74 Å². The standard InChI is InChI=1S/C20H30N2O2S/c1-5-13-25-18-12-7-6-11-17(18)21-15-9-8-10-16(14-15)22-19(23)24-20(2,3)4/h5-7,11-12,15-16,21H,1,8-10,13-14H2,2-4H3,(H,22,23). The number of carbonyl (C=O) groups excluding carboxylic acids is 1. The highest BCUT2D eigenvalue weighted by molar-refractivity contribution is 7.99. The smallest absolute Gasteiger partial charge is 0.407 e. The number of para-hydroxylation sites is 1. The summed E-state index contributed by atoms with van der Waals surface area (Å²) in [7, 11) is 0. The number of benzene rings is 1. The molecular formula is C20H30N2O2S. The Bertz CT molecular complexity index is 583. The highest BCUT2D eigenvalue weighted by Crippen LogP contribution is 2.30. The third-order valence-corrected chi connectivity index (χ3v) is 5.07. The molecule has 1 amide bonds. The Kier molecular flexibility index (Phi) is 7.24. The SMILES string of the molecule is C=CCSc1ccccc1NC1CCCC(NC(=O)OC(C)(C)C)C1. The molecule has 0 heterocycles. The minimum Gasteiger partial charge on any atom is -0.444 e. The van der Waals surface area contributed by atoms with E-state index in [2.05, 4.69) is 41.5 Å². The summed E-state index contributed by atoms with van der Waals surface area (Å²) >= 11 is 1.78. The maximum atomic E-state index is 12.0. The summed E-state index contributed by atoms with van der Waals surface area (Å²) in [6, 6.07) is 8.89. The minimum atomic E-state index is -0.461. The van der Waals surface area contributed by atoms with Gasteiger partial charge in [-0.15, -0.1) is 18.3 Å². The summed E-state index contributed by atoms with van der Waals surface area (Å²) in [5.74, 6) is 0.895. The Morgan fingerprint density at radius 3 is 2.76 bits per heavy atom. The molecule has 2 N–H and O–H groups in total. The molecular weight excluding hydrogens is 332 g/mol. The number of hydrogen-bond acceptors (Lipinski definition) is 4. The van der Waals surface area contributed by atoms with Crippen molar-refractivity contribution in [3.8, 4) is 0 Å². The first-order chi connectivity index (χ1) is 11.9. The normalized spacial score (nSPS) is 20.6. The third kappa shape index (κ3) is 7.02. The average Bonchev–Trinajstić information content (AvgIpc) is 2.52. The van der Waals surface area contributed by atoms with Crippen LogP contribution in [0.3, 0.4) is 0 Å². The number of thioether (sulfide) groups is 1. The molecule has 1 aromatic carbocycles. The number of nitrogens with one attached hydrogen (secondary N) is 2. The van der Waals surface area contributed by atoms with E-state index in [-0.39, 0.29) is 12.1 Å². The van der Waals surface area contributed by atoms with E-state index in [1.54, 1.807) is 11.8 Å². The highest BCUT2D eigenvalue weighted by Gasteiger charge is 2.25. The number of alkyl carbamates (subject to hydrolysis) is 1. The van der Waals surface area contributed by atoms with Crippen LogP contribution in [0.15, 0.2) is 41.8 Å². The lowest BCUT2D eigenvalue weighted by atomic mass is 9.91. The van der Waals surface area contributed by atoms with E-state index in [0.717, 1.165) is 37.1 Å². The van der Waals surface area contributed by atoms with Gasteiger partial charge in [-0.1, -0.05) is 18.2 Å². The van der Waals surface area contributed by atoms with Crippen molar-refractivity contribution in [3.05, 3.63) is 36.9 Å². The van der Waals surface area contributed by atoms with Crippen molar-refractivity contribution in [2.75, 3.05) is 11.1 Å². The number of carbonyl (C=O) groups is 1. The minimum absolute atomic E-state index is 0.161. The number of rotatable bonds is 6. The zero-order valence-corrected chi connectivity index (χ0v) is 16.3. The van der Waals surface area contributed by atoms with Crippen LogP contribution in [0.4, 0.5) is 10.5 Å².